The molecule has 7 heteroatoms. The molecular weight excluding hydrogens is 362 g/mol. The van der Waals surface area contributed by atoms with Gasteiger partial charge in [-0.05, 0) is 36.4 Å². The van der Waals surface area contributed by atoms with Crippen LogP contribution in [0.15, 0.2) is 78.9 Å². The molecule has 0 spiro atoms. The van der Waals surface area contributed by atoms with Gasteiger partial charge in [-0.2, -0.15) is 0 Å². The average Bonchev–Trinajstić information content (AvgIpc) is 2.72. The van der Waals surface area contributed by atoms with Crippen molar-refractivity contribution in [3.63, 3.8) is 0 Å². The predicted molar refractivity (Wildman–Crippen MR) is 102 cm³/mol. The lowest BCUT2D eigenvalue weighted by atomic mass is 10.2. The summed E-state index contributed by atoms with van der Waals surface area (Å²) in [5.74, 6) is 0.707. The van der Waals surface area contributed by atoms with E-state index in [0.717, 1.165) is 5.75 Å². The highest BCUT2D eigenvalue weighted by Gasteiger charge is 2.12. The summed E-state index contributed by atoms with van der Waals surface area (Å²) in [4.78, 5) is 22.5. The second-order valence-corrected chi connectivity index (χ2v) is 5.68. The molecule has 0 aliphatic heterocycles. The number of benzene rings is 3. The zero-order chi connectivity index (χ0) is 19.8. The summed E-state index contributed by atoms with van der Waals surface area (Å²) < 4.78 is 16.3. The van der Waals surface area contributed by atoms with E-state index in [1.807, 2.05) is 30.3 Å². The number of esters is 1. The Kier molecular flexibility index (Phi) is 6.20. The Bertz CT molecular complexity index is 958. The Morgan fingerprint density at radius 1 is 0.786 bits per heavy atom. The van der Waals surface area contributed by atoms with Crippen LogP contribution in [0.1, 0.15) is 10.4 Å². The summed E-state index contributed by atoms with van der Waals surface area (Å²) >= 11 is 0. The Labute approximate surface area is 161 Å². The number of rotatable bonds is 8. The van der Waals surface area contributed by atoms with Gasteiger partial charge in [0.2, 0.25) is 0 Å². The van der Waals surface area contributed by atoms with E-state index in [2.05, 4.69) is 0 Å². The topological polar surface area (TPSA) is 87.9 Å². The summed E-state index contributed by atoms with van der Waals surface area (Å²) in [7, 11) is 0. The van der Waals surface area contributed by atoms with Gasteiger partial charge in [0.1, 0.15) is 30.5 Å². The lowest BCUT2D eigenvalue weighted by molar-refractivity contribution is -0.384. The second kappa shape index (κ2) is 9.18. The molecule has 0 amide bonds. The summed E-state index contributed by atoms with van der Waals surface area (Å²) in [6, 6.07) is 21.3. The SMILES string of the molecule is O=C(Oc1cccc([N+](=O)[O-])c1)c1cccc(OCCOc2ccccc2)c1. The second-order valence-electron chi connectivity index (χ2n) is 5.68. The van der Waals surface area contributed by atoms with Crippen LogP contribution < -0.4 is 14.2 Å². The van der Waals surface area contributed by atoms with Gasteiger partial charge in [-0.1, -0.05) is 30.3 Å². The minimum Gasteiger partial charge on any atom is -0.490 e. The molecule has 0 bridgehead atoms. The maximum absolute atomic E-state index is 12.3. The Morgan fingerprint density at radius 2 is 1.43 bits per heavy atom. The molecule has 7 nitrogen and oxygen atoms in total. The molecule has 0 radical (unpaired) electrons. The van der Waals surface area contributed by atoms with Crippen molar-refractivity contribution >= 4 is 11.7 Å². The number of hydrogen-bond donors (Lipinski definition) is 0. The van der Waals surface area contributed by atoms with Crippen LogP contribution in [-0.4, -0.2) is 24.1 Å². The maximum Gasteiger partial charge on any atom is 0.343 e. The van der Waals surface area contributed by atoms with Crippen molar-refractivity contribution < 1.29 is 23.9 Å². The number of carbonyl (C=O) groups excluding carboxylic acids is 1. The zero-order valence-electron chi connectivity index (χ0n) is 14.8. The summed E-state index contributed by atoms with van der Waals surface area (Å²) in [6.45, 7) is 0.657. The molecule has 0 unspecified atom stereocenters. The first-order chi connectivity index (χ1) is 13.6. The number of nitrogens with zero attached hydrogens (tertiary/aromatic N) is 1. The molecular formula is C21H17NO6. The van der Waals surface area contributed by atoms with Gasteiger partial charge in [-0.15, -0.1) is 0 Å². The third-order valence-corrected chi connectivity index (χ3v) is 3.67. The molecule has 0 aromatic heterocycles. The van der Waals surface area contributed by atoms with Crippen LogP contribution in [0.5, 0.6) is 17.2 Å². The molecule has 142 valence electrons. The highest BCUT2D eigenvalue weighted by atomic mass is 16.6. The van der Waals surface area contributed by atoms with Crippen LogP contribution in [0, 0.1) is 10.1 Å². The van der Waals surface area contributed by atoms with Gasteiger partial charge in [-0.25, -0.2) is 4.79 Å². The predicted octanol–water partition coefficient (Wildman–Crippen LogP) is 4.27. The van der Waals surface area contributed by atoms with Crippen molar-refractivity contribution in [1.29, 1.82) is 0 Å². The van der Waals surface area contributed by atoms with E-state index in [-0.39, 0.29) is 17.0 Å². The number of non-ortho nitro benzene ring substituents is 1. The van der Waals surface area contributed by atoms with Crippen molar-refractivity contribution in [2.75, 3.05) is 13.2 Å². The van der Waals surface area contributed by atoms with E-state index < -0.39 is 10.9 Å². The first-order valence-corrected chi connectivity index (χ1v) is 8.49. The molecule has 0 saturated heterocycles. The third-order valence-electron chi connectivity index (χ3n) is 3.67. The smallest absolute Gasteiger partial charge is 0.343 e. The van der Waals surface area contributed by atoms with Gasteiger partial charge >= 0.3 is 5.97 Å². The van der Waals surface area contributed by atoms with E-state index in [4.69, 9.17) is 14.2 Å². The number of hydrogen-bond acceptors (Lipinski definition) is 6. The molecule has 0 saturated carbocycles. The first-order valence-electron chi connectivity index (χ1n) is 8.49. The molecule has 3 aromatic rings. The van der Waals surface area contributed by atoms with E-state index >= 15 is 0 Å². The summed E-state index contributed by atoms with van der Waals surface area (Å²) in [5.41, 5.74) is 0.119. The zero-order valence-corrected chi connectivity index (χ0v) is 14.8. The minimum absolute atomic E-state index is 0.0989. The van der Waals surface area contributed by atoms with Gasteiger partial charge in [0.15, 0.2) is 0 Å². The quantitative estimate of drug-likeness (QED) is 0.191. The number of nitro groups is 1. The van der Waals surface area contributed by atoms with E-state index in [0.29, 0.717) is 19.0 Å². The van der Waals surface area contributed by atoms with Crippen LogP contribution in [-0.2, 0) is 0 Å². The fourth-order valence-electron chi connectivity index (χ4n) is 2.38. The van der Waals surface area contributed by atoms with E-state index in [1.165, 1.54) is 24.3 Å². The van der Waals surface area contributed by atoms with Crippen molar-refractivity contribution in [1.82, 2.24) is 0 Å². The van der Waals surface area contributed by atoms with Gasteiger partial charge < -0.3 is 14.2 Å². The van der Waals surface area contributed by atoms with E-state index in [9.17, 15) is 14.9 Å². The highest BCUT2D eigenvalue weighted by molar-refractivity contribution is 5.91. The van der Waals surface area contributed by atoms with Crippen LogP contribution in [0.2, 0.25) is 0 Å². The van der Waals surface area contributed by atoms with Gasteiger partial charge in [0.05, 0.1) is 16.6 Å². The monoisotopic (exact) mass is 379 g/mol. The fourth-order valence-corrected chi connectivity index (χ4v) is 2.38. The molecule has 0 fully saturated rings. The van der Waals surface area contributed by atoms with Crippen LogP contribution in [0.3, 0.4) is 0 Å². The fraction of sp³-hybridized carbons (Fsp3) is 0.0952. The van der Waals surface area contributed by atoms with Gasteiger partial charge in [-0.3, -0.25) is 10.1 Å². The highest BCUT2D eigenvalue weighted by Crippen LogP contribution is 2.21. The van der Waals surface area contributed by atoms with Crippen LogP contribution in [0.4, 0.5) is 5.69 Å². The number of para-hydroxylation sites is 1. The number of carbonyl (C=O) groups is 1. The molecule has 0 atom stereocenters. The minimum atomic E-state index is -0.633. The number of nitro benzene ring substituents is 1. The Morgan fingerprint density at radius 3 is 2.18 bits per heavy atom. The number of ether oxygens (including phenoxy) is 3. The van der Waals surface area contributed by atoms with Crippen molar-refractivity contribution in [2.24, 2.45) is 0 Å². The van der Waals surface area contributed by atoms with Crippen molar-refractivity contribution in [2.45, 2.75) is 0 Å². The molecule has 0 aliphatic carbocycles. The Balaban J connectivity index is 1.55. The van der Waals surface area contributed by atoms with E-state index in [1.54, 1.807) is 24.3 Å². The molecule has 0 N–H and O–H groups in total. The summed E-state index contributed by atoms with van der Waals surface area (Å²) in [5, 5.41) is 10.8. The maximum atomic E-state index is 12.3. The van der Waals surface area contributed by atoms with Crippen molar-refractivity contribution in [3.8, 4) is 17.2 Å². The Hall–Kier alpha value is -3.87. The third kappa shape index (κ3) is 5.31. The molecule has 28 heavy (non-hydrogen) atoms. The largest absolute Gasteiger partial charge is 0.490 e. The van der Waals surface area contributed by atoms with Gasteiger partial charge in [0, 0.05) is 6.07 Å². The van der Waals surface area contributed by atoms with Crippen LogP contribution in [0.25, 0.3) is 0 Å². The van der Waals surface area contributed by atoms with Crippen LogP contribution >= 0.6 is 0 Å². The molecule has 0 heterocycles. The normalized spacial score (nSPS) is 10.1. The lowest BCUT2D eigenvalue weighted by Crippen LogP contribution is -2.11. The standard InChI is InChI=1S/C21H17NO6/c23-21(28-20-11-5-7-17(15-20)22(24)25)16-6-4-10-19(14-16)27-13-12-26-18-8-2-1-3-9-18/h1-11,14-15H,12-13H2. The van der Waals surface area contributed by atoms with Crippen molar-refractivity contribution in [3.05, 3.63) is 94.5 Å². The summed E-state index contributed by atoms with van der Waals surface area (Å²) in [6.07, 6.45) is 0. The first kappa shape index (κ1) is 18.9. The molecule has 0 aliphatic rings. The van der Waals surface area contributed by atoms with Gasteiger partial charge in [0.25, 0.3) is 5.69 Å². The molecule has 3 aromatic carbocycles. The lowest BCUT2D eigenvalue weighted by Gasteiger charge is -2.09. The average molecular weight is 379 g/mol. The molecule has 3 rings (SSSR count).